The van der Waals surface area contributed by atoms with Crippen LogP contribution in [-0.4, -0.2) is 12.0 Å². The van der Waals surface area contributed by atoms with Crippen molar-refractivity contribution < 1.29 is 0 Å². The third-order valence-corrected chi connectivity index (χ3v) is 3.33. The summed E-state index contributed by atoms with van der Waals surface area (Å²) in [6.45, 7) is 2.91. The maximum absolute atomic E-state index is 6.02. The third-order valence-electron chi connectivity index (χ3n) is 3.33. The Morgan fingerprint density at radius 3 is 2.47 bits per heavy atom. The molecule has 0 radical (unpaired) electrons. The molecule has 0 spiro atoms. The third kappa shape index (κ3) is 3.55. The summed E-state index contributed by atoms with van der Waals surface area (Å²) in [6.07, 6.45) is 2.79. The van der Waals surface area contributed by atoms with Gasteiger partial charge in [0, 0.05) is 25.0 Å². The topological polar surface area (TPSA) is 42.1 Å². The number of nitrogens with zero attached hydrogens (tertiary/aromatic N) is 2. The van der Waals surface area contributed by atoms with E-state index < -0.39 is 0 Å². The van der Waals surface area contributed by atoms with Crippen LogP contribution in [0, 0.1) is 0 Å². The Labute approximate surface area is 115 Å². The molecule has 0 saturated carbocycles. The van der Waals surface area contributed by atoms with Crippen LogP contribution in [-0.2, 0) is 6.54 Å². The molecule has 1 aromatic carbocycles. The van der Waals surface area contributed by atoms with E-state index in [-0.39, 0.29) is 6.04 Å². The molecule has 3 heteroatoms. The minimum Gasteiger partial charge on any atom is -0.369 e. The number of nitrogens with two attached hydrogens (primary N) is 1. The lowest BCUT2D eigenvalue weighted by molar-refractivity contribution is 0.698. The molecule has 100 valence electrons. The highest BCUT2D eigenvalue weighted by Gasteiger charge is 2.05. The summed E-state index contributed by atoms with van der Waals surface area (Å²) in [5.41, 5.74) is 9.46. The van der Waals surface area contributed by atoms with Gasteiger partial charge in [0.25, 0.3) is 0 Å². The first-order valence-corrected chi connectivity index (χ1v) is 6.67. The number of aromatic nitrogens is 1. The Balaban J connectivity index is 2.05. The van der Waals surface area contributed by atoms with Crippen molar-refractivity contribution >= 4 is 5.69 Å². The van der Waals surface area contributed by atoms with Gasteiger partial charge in [0.05, 0.1) is 12.2 Å². The summed E-state index contributed by atoms with van der Waals surface area (Å²) < 4.78 is 0. The van der Waals surface area contributed by atoms with E-state index in [1.165, 1.54) is 11.3 Å². The molecule has 1 heterocycles. The van der Waals surface area contributed by atoms with Gasteiger partial charge in [0.2, 0.25) is 0 Å². The van der Waals surface area contributed by atoms with Crippen LogP contribution >= 0.6 is 0 Å². The molecule has 2 aromatic rings. The monoisotopic (exact) mass is 255 g/mol. The lowest BCUT2D eigenvalue weighted by Crippen LogP contribution is -2.17. The molecule has 0 unspecified atom stereocenters. The molecular formula is C16H21N3. The Morgan fingerprint density at radius 1 is 1.16 bits per heavy atom. The molecule has 1 aromatic heterocycles. The first-order valence-electron chi connectivity index (χ1n) is 6.67. The van der Waals surface area contributed by atoms with Crippen molar-refractivity contribution in [1.82, 2.24) is 4.98 Å². The zero-order valence-electron chi connectivity index (χ0n) is 11.6. The standard InChI is InChI=1S/C16H21N3/c1-3-16(17)13-7-9-15(10-8-13)19(2)12-14-6-4-5-11-18-14/h4-11,16H,3,12,17H2,1-2H3/t16-/m1/s1. The second kappa shape index (κ2) is 6.34. The van der Waals surface area contributed by atoms with Gasteiger partial charge in [0.1, 0.15) is 0 Å². The van der Waals surface area contributed by atoms with Crippen LogP contribution in [0.5, 0.6) is 0 Å². The summed E-state index contributed by atoms with van der Waals surface area (Å²) in [5, 5.41) is 0. The molecular weight excluding hydrogens is 234 g/mol. The van der Waals surface area contributed by atoms with Crippen molar-refractivity contribution in [2.24, 2.45) is 5.73 Å². The van der Waals surface area contributed by atoms with Gasteiger partial charge < -0.3 is 10.6 Å². The molecule has 0 aliphatic carbocycles. The maximum atomic E-state index is 6.02. The number of anilines is 1. The van der Waals surface area contributed by atoms with Crippen LogP contribution in [0.15, 0.2) is 48.7 Å². The summed E-state index contributed by atoms with van der Waals surface area (Å²) in [6, 6.07) is 14.6. The van der Waals surface area contributed by atoms with E-state index in [9.17, 15) is 0 Å². The van der Waals surface area contributed by atoms with E-state index >= 15 is 0 Å². The van der Waals surface area contributed by atoms with E-state index in [1.807, 2.05) is 24.4 Å². The number of hydrogen-bond acceptors (Lipinski definition) is 3. The second-order valence-electron chi connectivity index (χ2n) is 4.78. The summed E-state index contributed by atoms with van der Waals surface area (Å²) in [7, 11) is 2.07. The van der Waals surface area contributed by atoms with Crippen LogP contribution in [0.25, 0.3) is 0 Å². The van der Waals surface area contributed by atoms with Gasteiger partial charge in [-0.25, -0.2) is 0 Å². The van der Waals surface area contributed by atoms with E-state index in [2.05, 4.69) is 48.1 Å². The largest absolute Gasteiger partial charge is 0.369 e. The van der Waals surface area contributed by atoms with Crippen LogP contribution in [0.3, 0.4) is 0 Å². The lowest BCUT2D eigenvalue weighted by Gasteiger charge is -2.20. The summed E-state index contributed by atoms with van der Waals surface area (Å²) in [4.78, 5) is 6.53. The Kier molecular flexibility index (Phi) is 4.53. The van der Waals surface area contributed by atoms with Gasteiger partial charge in [-0.15, -0.1) is 0 Å². The quantitative estimate of drug-likeness (QED) is 0.892. The number of hydrogen-bond donors (Lipinski definition) is 1. The second-order valence-corrected chi connectivity index (χ2v) is 4.78. The average molecular weight is 255 g/mol. The van der Waals surface area contributed by atoms with Crippen molar-refractivity contribution in [2.75, 3.05) is 11.9 Å². The Morgan fingerprint density at radius 2 is 1.89 bits per heavy atom. The van der Waals surface area contributed by atoms with Gasteiger partial charge >= 0.3 is 0 Å². The molecule has 0 bridgehead atoms. The molecule has 1 atom stereocenters. The Hall–Kier alpha value is -1.87. The van der Waals surface area contributed by atoms with E-state index in [0.29, 0.717) is 0 Å². The van der Waals surface area contributed by atoms with Crippen LogP contribution < -0.4 is 10.6 Å². The summed E-state index contributed by atoms with van der Waals surface area (Å²) >= 11 is 0. The molecule has 2 N–H and O–H groups in total. The van der Waals surface area contributed by atoms with Crippen molar-refractivity contribution in [1.29, 1.82) is 0 Å². The molecule has 2 rings (SSSR count). The predicted molar refractivity (Wildman–Crippen MR) is 80.0 cm³/mol. The zero-order chi connectivity index (χ0) is 13.7. The first kappa shape index (κ1) is 13.6. The number of rotatable bonds is 5. The zero-order valence-corrected chi connectivity index (χ0v) is 11.6. The minimum atomic E-state index is 0.134. The van der Waals surface area contributed by atoms with Crippen molar-refractivity contribution in [3.63, 3.8) is 0 Å². The van der Waals surface area contributed by atoms with Crippen LogP contribution in [0.1, 0.15) is 30.6 Å². The molecule has 0 saturated heterocycles. The highest BCUT2D eigenvalue weighted by molar-refractivity contribution is 5.47. The van der Waals surface area contributed by atoms with Crippen molar-refractivity contribution in [3.8, 4) is 0 Å². The van der Waals surface area contributed by atoms with E-state index in [1.54, 1.807) is 0 Å². The van der Waals surface area contributed by atoms with Crippen LogP contribution in [0.4, 0.5) is 5.69 Å². The fraction of sp³-hybridized carbons (Fsp3) is 0.312. The fourth-order valence-electron chi connectivity index (χ4n) is 2.04. The summed E-state index contributed by atoms with van der Waals surface area (Å²) in [5.74, 6) is 0. The number of pyridine rings is 1. The normalized spacial score (nSPS) is 12.2. The molecule has 0 amide bonds. The van der Waals surface area contributed by atoms with Gasteiger partial charge in [-0.2, -0.15) is 0 Å². The molecule has 0 aliphatic rings. The van der Waals surface area contributed by atoms with E-state index in [4.69, 9.17) is 5.73 Å². The molecule has 0 aliphatic heterocycles. The van der Waals surface area contributed by atoms with Gasteiger partial charge in [0.15, 0.2) is 0 Å². The van der Waals surface area contributed by atoms with E-state index in [0.717, 1.165) is 18.7 Å². The number of benzene rings is 1. The van der Waals surface area contributed by atoms with Gasteiger partial charge in [-0.05, 0) is 36.2 Å². The highest BCUT2D eigenvalue weighted by atomic mass is 15.1. The van der Waals surface area contributed by atoms with Crippen LogP contribution in [0.2, 0.25) is 0 Å². The molecule has 0 fully saturated rings. The first-order chi connectivity index (χ1) is 9.20. The van der Waals surface area contributed by atoms with Gasteiger partial charge in [-0.3, -0.25) is 4.98 Å². The van der Waals surface area contributed by atoms with Crippen molar-refractivity contribution in [3.05, 3.63) is 59.9 Å². The Bertz CT molecular complexity index is 493. The SMILES string of the molecule is CC[C@@H](N)c1ccc(N(C)Cc2ccccn2)cc1. The lowest BCUT2D eigenvalue weighted by atomic mass is 10.1. The molecule has 19 heavy (non-hydrogen) atoms. The minimum absolute atomic E-state index is 0.134. The molecule has 3 nitrogen and oxygen atoms in total. The highest BCUT2D eigenvalue weighted by Crippen LogP contribution is 2.19. The fourth-order valence-corrected chi connectivity index (χ4v) is 2.04. The van der Waals surface area contributed by atoms with Gasteiger partial charge in [-0.1, -0.05) is 25.1 Å². The predicted octanol–water partition coefficient (Wildman–Crippen LogP) is 3.13. The maximum Gasteiger partial charge on any atom is 0.0598 e. The van der Waals surface area contributed by atoms with Crippen molar-refractivity contribution in [2.45, 2.75) is 25.9 Å². The average Bonchev–Trinajstić information content (AvgIpc) is 2.47. The smallest absolute Gasteiger partial charge is 0.0598 e.